The van der Waals surface area contributed by atoms with Gasteiger partial charge in [0.05, 0.1) is 0 Å². The van der Waals surface area contributed by atoms with E-state index < -0.39 is 0 Å². The largest absolute Gasteiger partial charge is 0.179 e. The molecule has 0 saturated carbocycles. The summed E-state index contributed by atoms with van der Waals surface area (Å²) in [5.74, 6) is 1.69. The molecule has 1 unspecified atom stereocenters. The molecule has 0 bridgehead atoms. The van der Waals surface area contributed by atoms with E-state index in [1.54, 1.807) is 0 Å². The second-order valence-electron chi connectivity index (χ2n) is 2.57. The molecule has 0 aliphatic carbocycles. The Balaban J connectivity index is 2.40. The van der Waals surface area contributed by atoms with Crippen molar-refractivity contribution in [3.63, 3.8) is 0 Å². The van der Waals surface area contributed by atoms with E-state index in [4.69, 9.17) is 0 Å². The minimum absolute atomic E-state index is 0.710. The predicted octanol–water partition coefficient (Wildman–Crippen LogP) is 2.86. The van der Waals surface area contributed by atoms with Crippen LogP contribution in [0.15, 0.2) is 17.5 Å². The van der Waals surface area contributed by atoms with Crippen LogP contribution in [-0.4, -0.2) is 5.75 Å². The van der Waals surface area contributed by atoms with Crippen LogP contribution >= 0.6 is 24.0 Å². The van der Waals surface area contributed by atoms with Gasteiger partial charge in [-0.2, -0.15) is 12.6 Å². The van der Waals surface area contributed by atoms with Gasteiger partial charge in [-0.25, -0.2) is 0 Å². The van der Waals surface area contributed by atoms with E-state index in [2.05, 4.69) is 37.1 Å². The molecular weight excluding hydrogens is 160 g/mol. The van der Waals surface area contributed by atoms with Crippen LogP contribution in [0.5, 0.6) is 0 Å². The molecule has 0 spiro atoms. The van der Waals surface area contributed by atoms with Gasteiger partial charge in [0, 0.05) is 4.88 Å². The fourth-order valence-corrected chi connectivity index (χ4v) is 1.84. The van der Waals surface area contributed by atoms with Crippen LogP contribution in [0.3, 0.4) is 0 Å². The highest BCUT2D eigenvalue weighted by atomic mass is 32.1. The third kappa shape index (κ3) is 2.35. The summed E-state index contributed by atoms with van der Waals surface area (Å²) in [6.45, 7) is 2.23. The van der Waals surface area contributed by atoms with Crippen molar-refractivity contribution in [1.82, 2.24) is 0 Å². The monoisotopic (exact) mass is 172 g/mol. The van der Waals surface area contributed by atoms with E-state index in [0.717, 1.165) is 5.75 Å². The summed E-state index contributed by atoms with van der Waals surface area (Å²) < 4.78 is 0. The van der Waals surface area contributed by atoms with Crippen molar-refractivity contribution >= 4 is 24.0 Å². The Labute approximate surface area is 71.7 Å². The number of thiophene rings is 1. The summed E-state index contributed by atoms with van der Waals surface area (Å²) in [5.41, 5.74) is 0. The Hall–Kier alpha value is 0.0500. The van der Waals surface area contributed by atoms with Crippen LogP contribution in [-0.2, 0) is 6.42 Å². The van der Waals surface area contributed by atoms with Crippen LogP contribution in [0.4, 0.5) is 0 Å². The van der Waals surface area contributed by atoms with Crippen LogP contribution in [0.1, 0.15) is 11.8 Å². The van der Waals surface area contributed by atoms with Gasteiger partial charge in [0.25, 0.3) is 0 Å². The molecule has 0 radical (unpaired) electrons. The van der Waals surface area contributed by atoms with Crippen molar-refractivity contribution in [3.05, 3.63) is 22.4 Å². The van der Waals surface area contributed by atoms with Crippen molar-refractivity contribution in [3.8, 4) is 0 Å². The van der Waals surface area contributed by atoms with Gasteiger partial charge < -0.3 is 0 Å². The van der Waals surface area contributed by atoms with Gasteiger partial charge in [0.15, 0.2) is 0 Å². The maximum atomic E-state index is 4.23. The van der Waals surface area contributed by atoms with Gasteiger partial charge in [-0.05, 0) is 29.5 Å². The zero-order valence-electron chi connectivity index (χ0n) is 6.08. The van der Waals surface area contributed by atoms with E-state index in [9.17, 15) is 0 Å². The average molecular weight is 172 g/mol. The lowest BCUT2D eigenvalue weighted by Crippen LogP contribution is -1.98. The first-order valence-electron chi connectivity index (χ1n) is 3.46. The zero-order valence-corrected chi connectivity index (χ0v) is 7.79. The fourth-order valence-electron chi connectivity index (χ4n) is 0.837. The molecule has 1 atom stereocenters. The number of thiol groups is 1. The third-order valence-corrected chi connectivity index (χ3v) is 2.96. The molecular formula is C8H12S2. The van der Waals surface area contributed by atoms with E-state index in [1.807, 2.05) is 11.3 Å². The molecule has 0 amide bonds. The lowest BCUT2D eigenvalue weighted by atomic mass is 10.1. The summed E-state index contributed by atoms with van der Waals surface area (Å²) in [7, 11) is 0. The van der Waals surface area contributed by atoms with Crippen molar-refractivity contribution in [2.45, 2.75) is 13.3 Å². The van der Waals surface area contributed by atoms with Gasteiger partial charge in [-0.3, -0.25) is 0 Å². The molecule has 56 valence electrons. The van der Waals surface area contributed by atoms with Gasteiger partial charge in [0.2, 0.25) is 0 Å². The molecule has 0 saturated heterocycles. The Bertz CT molecular complexity index is 167. The van der Waals surface area contributed by atoms with Gasteiger partial charge in [-0.1, -0.05) is 13.0 Å². The van der Waals surface area contributed by atoms with Crippen molar-refractivity contribution in [2.75, 3.05) is 5.75 Å². The van der Waals surface area contributed by atoms with Crippen LogP contribution in [0, 0.1) is 5.92 Å². The highest BCUT2D eigenvalue weighted by Crippen LogP contribution is 2.14. The minimum Gasteiger partial charge on any atom is -0.179 e. The second kappa shape index (κ2) is 4.04. The molecule has 0 aliphatic rings. The normalized spacial score (nSPS) is 13.4. The van der Waals surface area contributed by atoms with Crippen molar-refractivity contribution < 1.29 is 0 Å². The lowest BCUT2D eigenvalue weighted by Gasteiger charge is -2.03. The van der Waals surface area contributed by atoms with Crippen LogP contribution < -0.4 is 0 Å². The van der Waals surface area contributed by atoms with E-state index in [0.29, 0.717) is 5.92 Å². The molecule has 10 heavy (non-hydrogen) atoms. The van der Waals surface area contributed by atoms with Gasteiger partial charge >= 0.3 is 0 Å². The van der Waals surface area contributed by atoms with Crippen molar-refractivity contribution in [2.24, 2.45) is 5.92 Å². The zero-order chi connectivity index (χ0) is 7.40. The van der Waals surface area contributed by atoms with E-state index in [1.165, 1.54) is 11.3 Å². The average Bonchev–Trinajstić information content (AvgIpc) is 2.40. The highest BCUT2D eigenvalue weighted by Gasteiger charge is 2.00. The molecule has 2 heteroatoms. The van der Waals surface area contributed by atoms with Gasteiger partial charge in [-0.15, -0.1) is 11.3 Å². The molecule has 0 aromatic carbocycles. The Morgan fingerprint density at radius 1 is 1.70 bits per heavy atom. The second-order valence-corrected chi connectivity index (χ2v) is 3.97. The standard InChI is InChI=1S/C8H12S2/c1-7(6-9)5-8-3-2-4-10-8/h2-4,7,9H,5-6H2,1H3. The molecule has 0 N–H and O–H groups in total. The molecule has 0 nitrogen and oxygen atoms in total. The summed E-state index contributed by atoms with van der Waals surface area (Å²) in [4.78, 5) is 1.47. The first kappa shape index (κ1) is 8.15. The summed E-state index contributed by atoms with van der Waals surface area (Å²) >= 11 is 6.06. The fraction of sp³-hybridized carbons (Fsp3) is 0.500. The topological polar surface area (TPSA) is 0 Å². The van der Waals surface area contributed by atoms with Crippen molar-refractivity contribution in [1.29, 1.82) is 0 Å². The summed E-state index contributed by atoms with van der Waals surface area (Å²) in [6, 6.07) is 4.29. The lowest BCUT2D eigenvalue weighted by molar-refractivity contribution is 0.668. The third-order valence-electron chi connectivity index (χ3n) is 1.44. The Kier molecular flexibility index (Phi) is 3.29. The van der Waals surface area contributed by atoms with E-state index in [-0.39, 0.29) is 0 Å². The number of hydrogen-bond acceptors (Lipinski definition) is 2. The molecule has 0 fully saturated rings. The summed E-state index contributed by atoms with van der Waals surface area (Å²) in [6.07, 6.45) is 1.18. The molecule has 0 aliphatic heterocycles. The minimum atomic E-state index is 0.710. The maximum absolute atomic E-state index is 4.23. The predicted molar refractivity (Wildman–Crippen MR) is 51.0 cm³/mol. The first-order chi connectivity index (χ1) is 4.83. The number of hydrogen-bond donors (Lipinski definition) is 1. The molecule has 1 heterocycles. The number of rotatable bonds is 3. The summed E-state index contributed by atoms with van der Waals surface area (Å²) in [5, 5.41) is 2.13. The first-order valence-corrected chi connectivity index (χ1v) is 4.97. The van der Waals surface area contributed by atoms with Crippen LogP contribution in [0.2, 0.25) is 0 Å². The Morgan fingerprint density at radius 3 is 3.00 bits per heavy atom. The SMILES string of the molecule is CC(CS)Cc1cccs1. The maximum Gasteiger partial charge on any atom is 0.00481 e. The van der Waals surface area contributed by atoms with Crippen LogP contribution in [0.25, 0.3) is 0 Å². The molecule has 1 aromatic rings. The van der Waals surface area contributed by atoms with E-state index >= 15 is 0 Å². The highest BCUT2D eigenvalue weighted by molar-refractivity contribution is 7.80. The molecule has 1 aromatic heterocycles. The molecule has 1 rings (SSSR count). The quantitative estimate of drug-likeness (QED) is 0.666. The Morgan fingerprint density at radius 2 is 2.50 bits per heavy atom. The smallest absolute Gasteiger partial charge is 0.00481 e. The van der Waals surface area contributed by atoms with Gasteiger partial charge in [0.1, 0.15) is 0 Å².